The summed E-state index contributed by atoms with van der Waals surface area (Å²) >= 11 is 0. The number of nitrogens with zero attached hydrogens (tertiary/aromatic N) is 2. The van der Waals surface area contributed by atoms with Gasteiger partial charge in [0.15, 0.2) is 0 Å². The first-order valence-corrected chi connectivity index (χ1v) is 9.36. The Morgan fingerprint density at radius 1 is 1.08 bits per heavy atom. The van der Waals surface area contributed by atoms with Crippen LogP contribution in [0.3, 0.4) is 0 Å². The molecule has 0 spiro atoms. The van der Waals surface area contributed by atoms with Crippen LogP contribution in [0.5, 0.6) is 0 Å². The zero-order valence-corrected chi connectivity index (χ0v) is 14.9. The van der Waals surface area contributed by atoms with E-state index in [1.54, 1.807) is 24.3 Å². The topological polar surface area (TPSA) is 60.9 Å². The molecule has 1 aromatic rings. The number of aliphatic hydroxyl groups is 1. The van der Waals surface area contributed by atoms with Gasteiger partial charge in [-0.2, -0.15) is 0 Å². The van der Waals surface area contributed by atoms with Gasteiger partial charge in [0.1, 0.15) is 0 Å². The van der Waals surface area contributed by atoms with Gasteiger partial charge in [-0.3, -0.25) is 19.4 Å². The van der Waals surface area contributed by atoms with Crippen LogP contribution in [-0.2, 0) is 0 Å². The summed E-state index contributed by atoms with van der Waals surface area (Å²) in [5.41, 5.74) is 3.89. The summed E-state index contributed by atoms with van der Waals surface area (Å²) in [6.07, 6.45) is 7.62. The van der Waals surface area contributed by atoms with Crippen LogP contribution < -0.4 is 0 Å². The highest BCUT2D eigenvalue weighted by Gasteiger charge is 2.35. The largest absolute Gasteiger partial charge is 0.392 e. The molecule has 136 valence electrons. The molecule has 1 aliphatic carbocycles. The fourth-order valence-corrected chi connectivity index (χ4v) is 4.10. The zero-order chi connectivity index (χ0) is 18.1. The molecule has 2 amide bonds. The highest BCUT2D eigenvalue weighted by Crippen LogP contribution is 2.27. The predicted octanol–water partition coefficient (Wildman–Crippen LogP) is 2.39. The molecule has 0 saturated heterocycles. The number of hydrogen-bond acceptors (Lipinski definition) is 4. The first-order chi connectivity index (χ1) is 12.6. The van der Waals surface area contributed by atoms with Crippen molar-refractivity contribution in [1.29, 1.82) is 0 Å². The molecule has 3 aliphatic rings. The fourth-order valence-electron chi connectivity index (χ4n) is 4.10. The van der Waals surface area contributed by atoms with Gasteiger partial charge in [0, 0.05) is 26.2 Å². The molecular weight excluding hydrogens is 328 g/mol. The van der Waals surface area contributed by atoms with E-state index in [1.807, 2.05) is 0 Å². The van der Waals surface area contributed by atoms with Crippen LogP contribution in [-0.4, -0.2) is 59.0 Å². The van der Waals surface area contributed by atoms with E-state index in [1.165, 1.54) is 16.0 Å². The number of fused-ring (bicyclic) bond motifs is 1. The molecular formula is C21H24N2O3. The van der Waals surface area contributed by atoms with Gasteiger partial charge in [-0.1, -0.05) is 29.9 Å². The standard InChI is InChI=1S/C21H24N2O3/c24-17(14-22-11-9-15-5-1-2-6-16(15)13-22)10-12-23-20(25)18-7-3-4-8-19(18)21(23)26/h1,3-5,7-8,17,24H,2,6,9-14H2. The van der Waals surface area contributed by atoms with E-state index in [9.17, 15) is 14.7 Å². The van der Waals surface area contributed by atoms with Crippen LogP contribution >= 0.6 is 0 Å². The summed E-state index contributed by atoms with van der Waals surface area (Å²) in [7, 11) is 0. The molecule has 1 aromatic carbocycles. The molecule has 2 aliphatic heterocycles. The number of imide groups is 1. The van der Waals surface area contributed by atoms with Crippen LogP contribution in [0.15, 0.2) is 47.6 Å². The molecule has 1 N–H and O–H groups in total. The van der Waals surface area contributed by atoms with E-state index in [4.69, 9.17) is 0 Å². The Labute approximate surface area is 153 Å². The number of allylic oxidation sites excluding steroid dienone is 2. The highest BCUT2D eigenvalue weighted by atomic mass is 16.3. The van der Waals surface area contributed by atoms with Gasteiger partial charge in [-0.15, -0.1) is 0 Å². The van der Waals surface area contributed by atoms with Crippen molar-refractivity contribution in [3.05, 3.63) is 58.7 Å². The van der Waals surface area contributed by atoms with Crippen LogP contribution in [0, 0.1) is 0 Å². The number of benzene rings is 1. The van der Waals surface area contributed by atoms with Gasteiger partial charge in [-0.25, -0.2) is 0 Å². The van der Waals surface area contributed by atoms with Crippen LogP contribution in [0.25, 0.3) is 0 Å². The van der Waals surface area contributed by atoms with E-state index < -0.39 is 6.10 Å². The third-order valence-electron chi connectivity index (χ3n) is 5.53. The zero-order valence-electron chi connectivity index (χ0n) is 14.9. The van der Waals surface area contributed by atoms with E-state index in [-0.39, 0.29) is 18.4 Å². The van der Waals surface area contributed by atoms with Crippen LogP contribution in [0.1, 0.15) is 46.4 Å². The van der Waals surface area contributed by atoms with E-state index >= 15 is 0 Å². The molecule has 4 rings (SSSR count). The normalized spacial score (nSPS) is 21.2. The Kier molecular flexibility index (Phi) is 4.74. The molecule has 2 heterocycles. The van der Waals surface area contributed by atoms with Crippen molar-refractivity contribution in [3.63, 3.8) is 0 Å². The number of aliphatic hydroxyl groups excluding tert-OH is 1. The Bertz CT molecular complexity index is 761. The van der Waals surface area contributed by atoms with Gasteiger partial charge in [0.25, 0.3) is 11.8 Å². The number of rotatable bonds is 5. The SMILES string of the molecule is O=C1c2ccccc2C(=O)N1CCC(O)CN1CCC2=C(CCC=C2)C1. The van der Waals surface area contributed by atoms with Crippen molar-refractivity contribution in [3.8, 4) is 0 Å². The minimum atomic E-state index is -0.541. The third-order valence-corrected chi connectivity index (χ3v) is 5.53. The molecule has 0 fully saturated rings. The molecule has 1 unspecified atom stereocenters. The lowest BCUT2D eigenvalue weighted by Crippen LogP contribution is -2.40. The maximum absolute atomic E-state index is 12.4. The average molecular weight is 352 g/mol. The smallest absolute Gasteiger partial charge is 0.261 e. The number of hydrogen-bond donors (Lipinski definition) is 1. The molecule has 0 bridgehead atoms. The second-order valence-electron chi connectivity index (χ2n) is 7.30. The number of β-amino-alcohol motifs (C(OH)–C–C–N with tert-alkyl or cyclic N) is 1. The van der Waals surface area contributed by atoms with Gasteiger partial charge >= 0.3 is 0 Å². The first-order valence-electron chi connectivity index (χ1n) is 9.36. The Balaban J connectivity index is 1.31. The molecule has 1 atom stereocenters. The second kappa shape index (κ2) is 7.17. The van der Waals surface area contributed by atoms with Crippen molar-refractivity contribution in [2.45, 2.75) is 31.8 Å². The monoisotopic (exact) mass is 352 g/mol. The number of amides is 2. The van der Waals surface area contributed by atoms with Gasteiger partial charge in [0.2, 0.25) is 0 Å². The van der Waals surface area contributed by atoms with Crippen molar-refractivity contribution in [2.75, 3.05) is 26.2 Å². The Morgan fingerprint density at radius 3 is 2.54 bits per heavy atom. The Hall–Kier alpha value is -2.24. The predicted molar refractivity (Wildman–Crippen MR) is 98.9 cm³/mol. The van der Waals surface area contributed by atoms with Crippen molar-refractivity contribution in [1.82, 2.24) is 9.80 Å². The fraction of sp³-hybridized carbons (Fsp3) is 0.429. The van der Waals surface area contributed by atoms with Crippen molar-refractivity contribution >= 4 is 11.8 Å². The van der Waals surface area contributed by atoms with E-state index in [0.29, 0.717) is 24.1 Å². The molecule has 0 aromatic heterocycles. The van der Waals surface area contributed by atoms with Crippen LogP contribution in [0.4, 0.5) is 0 Å². The Morgan fingerprint density at radius 2 is 1.81 bits per heavy atom. The van der Waals surface area contributed by atoms with Crippen LogP contribution in [0.2, 0.25) is 0 Å². The minimum Gasteiger partial charge on any atom is -0.392 e. The highest BCUT2D eigenvalue weighted by molar-refractivity contribution is 6.21. The van der Waals surface area contributed by atoms with Crippen molar-refractivity contribution < 1.29 is 14.7 Å². The third kappa shape index (κ3) is 3.24. The van der Waals surface area contributed by atoms with Crippen molar-refractivity contribution in [2.24, 2.45) is 0 Å². The van der Waals surface area contributed by atoms with E-state index in [0.717, 1.165) is 32.4 Å². The quantitative estimate of drug-likeness (QED) is 0.827. The molecule has 5 heteroatoms. The lowest BCUT2D eigenvalue weighted by atomic mass is 9.92. The number of carbonyl (C=O) groups is 2. The summed E-state index contributed by atoms with van der Waals surface area (Å²) in [6.45, 7) is 2.72. The number of carbonyl (C=O) groups excluding carboxylic acids is 2. The van der Waals surface area contributed by atoms with E-state index in [2.05, 4.69) is 17.1 Å². The maximum atomic E-state index is 12.4. The summed E-state index contributed by atoms with van der Waals surface area (Å²) < 4.78 is 0. The van der Waals surface area contributed by atoms with Gasteiger partial charge < -0.3 is 5.11 Å². The maximum Gasteiger partial charge on any atom is 0.261 e. The summed E-state index contributed by atoms with van der Waals surface area (Å²) in [4.78, 5) is 28.3. The molecule has 0 saturated carbocycles. The van der Waals surface area contributed by atoms with Gasteiger partial charge in [-0.05, 0) is 43.4 Å². The summed E-state index contributed by atoms with van der Waals surface area (Å²) in [5.74, 6) is -0.501. The molecule has 26 heavy (non-hydrogen) atoms. The average Bonchev–Trinajstić information content (AvgIpc) is 2.91. The summed E-state index contributed by atoms with van der Waals surface area (Å²) in [6, 6.07) is 6.90. The van der Waals surface area contributed by atoms with Gasteiger partial charge in [0.05, 0.1) is 17.2 Å². The second-order valence-corrected chi connectivity index (χ2v) is 7.30. The lowest BCUT2D eigenvalue weighted by molar-refractivity contribution is 0.0595. The lowest BCUT2D eigenvalue weighted by Gasteiger charge is -2.33. The minimum absolute atomic E-state index is 0.250. The molecule has 5 nitrogen and oxygen atoms in total. The summed E-state index contributed by atoms with van der Waals surface area (Å²) in [5, 5.41) is 10.4. The molecule has 0 radical (unpaired) electrons. The first kappa shape index (κ1) is 17.2.